The smallest absolute Gasteiger partial charge is 0.211 e. The molecule has 0 unspecified atom stereocenters. The highest BCUT2D eigenvalue weighted by Gasteiger charge is 2.11. The molecule has 1 aromatic carbocycles. The monoisotopic (exact) mass is 361 g/mol. The molecule has 5 aromatic rings. The first-order valence-corrected chi connectivity index (χ1v) is 7.45. The number of rotatable bonds is 0. The van der Waals surface area contributed by atoms with E-state index >= 15 is 0 Å². The summed E-state index contributed by atoms with van der Waals surface area (Å²) in [5.74, 6) is 0. The Balaban J connectivity index is 0.00000135. The van der Waals surface area contributed by atoms with Crippen LogP contribution >= 0.6 is 0 Å². The summed E-state index contributed by atoms with van der Waals surface area (Å²) >= 11 is 0. The van der Waals surface area contributed by atoms with Gasteiger partial charge in [-0.05, 0) is 23.6 Å². The van der Waals surface area contributed by atoms with Crippen molar-refractivity contribution in [2.45, 2.75) is 0 Å². The lowest BCUT2D eigenvalue weighted by Gasteiger charge is -2.02. The molecule has 5 rings (SSSR count). The topological polar surface area (TPSA) is 8.20 Å². The third-order valence-corrected chi connectivity index (χ3v) is 4.34. The quantitative estimate of drug-likeness (QED) is 0.215. The Hall–Kier alpha value is -2.52. The van der Waals surface area contributed by atoms with Gasteiger partial charge in [0.05, 0.1) is 5.39 Å². The van der Waals surface area contributed by atoms with Gasteiger partial charge in [0.2, 0.25) is 11.0 Å². The lowest BCUT2D eigenvalue weighted by atomic mass is 10.0. The van der Waals surface area contributed by atoms with E-state index in [0.29, 0.717) is 0 Å². The number of hydrogen-bond donors (Lipinski definition) is 0. The zero-order chi connectivity index (χ0) is 14.5. The van der Waals surface area contributed by atoms with Crippen LogP contribution in [0.25, 0.3) is 32.6 Å². The molecule has 0 aliphatic rings. The highest BCUT2D eigenvalue weighted by molar-refractivity contribution is 6.07. The molecule has 0 saturated heterocycles. The highest BCUT2D eigenvalue weighted by Crippen LogP contribution is 2.25. The third-order valence-electron chi connectivity index (χ3n) is 4.34. The van der Waals surface area contributed by atoms with Gasteiger partial charge in [0.15, 0.2) is 24.8 Å². The van der Waals surface area contributed by atoms with Crippen LogP contribution in [-0.2, 0) is 0 Å². The molecule has 0 fully saturated rings. The van der Waals surface area contributed by atoms with Crippen LogP contribution in [-0.4, -0.2) is 0 Å². The highest BCUT2D eigenvalue weighted by atomic mass is 79.9. The molecule has 23 heavy (non-hydrogen) atoms. The Morgan fingerprint density at radius 1 is 0.565 bits per heavy atom. The van der Waals surface area contributed by atoms with Crippen LogP contribution in [0.2, 0.25) is 0 Å². The molecule has 0 bridgehead atoms. The Kier molecular flexibility index (Phi) is 3.24. The van der Waals surface area contributed by atoms with E-state index in [9.17, 15) is 0 Å². The van der Waals surface area contributed by atoms with Crippen molar-refractivity contribution < 1.29 is 25.8 Å². The van der Waals surface area contributed by atoms with Crippen molar-refractivity contribution in [3.8, 4) is 0 Å². The fraction of sp³-hybridized carbons (Fsp3) is 0. The summed E-state index contributed by atoms with van der Waals surface area (Å²) in [6.07, 6.45) is 8.62. The zero-order valence-electron chi connectivity index (χ0n) is 12.4. The lowest BCUT2D eigenvalue weighted by Crippen LogP contribution is -3.00. The van der Waals surface area contributed by atoms with Crippen LogP contribution in [0.15, 0.2) is 85.5 Å². The molecule has 0 atom stereocenters. The number of nitrogens with zero attached hydrogens (tertiary/aromatic N) is 2. The van der Waals surface area contributed by atoms with Crippen molar-refractivity contribution in [2.24, 2.45) is 0 Å². The van der Waals surface area contributed by atoms with Gasteiger partial charge in [-0.2, -0.15) is 8.80 Å². The van der Waals surface area contributed by atoms with Crippen LogP contribution in [0.5, 0.6) is 0 Å². The maximum absolute atomic E-state index is 2.27. The molecule has 0 aliphatic heterocycles. The minimum Gasteiger partial charge on any atom is -1.00 e. The largest absolute Gasteiger partial charge is 1.00 e. The Labute approximate surface area is 144 Å². The summed E-state index contributed by atoms with van der Waals surface area (Å²) in [5, 5.41) is 5.11. The first-order valence-electron chi connectivity index (χ1n) is 7.45. The van der Waals surface area contributed by atoms with Gasteiger partial charge < -0.3 is 17.0 Å². The second kappa shape index (κ2) is 5.28. The van der Waals surface area contributed by atoms with Crippen molar-refractivity contribution >= 4 is 32.6 Å². The summed E-state index contributed by atoms with van der Waals surface area (Å²) in [4.78, 5) is 0. The number of halogens is 1. The van der Waals surface area contributed by atoms with E-state index in [4.69, 9.17) is 0 Å². The van der Waals surface area contributed by atoms with Crippen molar-refractivity contribution in [3.63, 3.8) is 0 Å². The Morgan fingerprint density at radius 2 is 1.22 bits per heavy atom. The third kappa shape index (κ3) is 2.16. The van der Waals surface area contributed by atoms with Crippen molar-refractivity contribution in [1.82, 2.24) is 0 Å². The summed E-state index contributed by atoms with van der Waals surface area (Å²) in [7, 11) is 0. The van der Waals surface area contributed by atoms with Crippen LogP contribution in [0, 0.1) is 0 Å². The first kappa shape index (κ1) is 14.1. The summed E-state index contributed by atoms with van der Waals surface area (Å²) in [5.41, 5.74) is 2.42. The molecule has 110 valence electrons. The first-order chi connectivity index (χ1) is 10.9. The van der Waals surface area contributed by atoms with Crippen LogP contribution in [0.3, 0.4) is 0 Å². The van der Waals surface area contributed by atoms with E-state index in [1.54, 1.807) is 0 Å². The van der Waals surface area contributed by atoms with Crippen LogP contribution in [0.4, 0.5) is 0 Å². The van der Waals surface area contributed by atoms with Crippen LogP contribution in [0.1, 0.15) is 0 Å². The zero-order valence-corrected chi connectivity index (χ0v) is 13.9. The number of pyridine rings is 4. The second-order valence-electron chi connectivity index (χ2n) is 5.68. The number of aromatic nitrogens is 2. The van der Waals surface area contributed by atoms with E-state index in [0.717, 1.165) is 0 Å². The number of hydrogen-bond acceptors (Lipinski definition) is 0. The van der Waals surface area contributed by atoms with E-state index < -0.39 is 0 Å². The molecule has 0 N–H and O–H groups in total. The standard InChI is InChI=1S/C20H14N2.BrH/c1-4-10-22-14-20-15(11-17(22)5-1)7-8-16-13-21-9-3-2-6-18(21)12-19(16)20;/h1-14H;1H/q+2;/p-1. The SMILES string of the molecule is [Br-].c1cc[n+]2cc3ccc4cc5cccc[n+]5cc4c3cc2c1. The van der Waals surface area contributed by atoms with Gasteiger partial charge in [-0.25, -0.2) is 0 Å². The predicted octanol–water partition coefficient (Wildman–Crippen LogP) is 0.474. The molecule has 0 saturated carbocycles. The molecule has 3 heteroatoms. The normalized spacial score (nSPS) is 11.1. The Bertz CT molecular complexity index is 1090. The van der Waals surface area contributed by atoms with Gasteiger partial charge in [0.25, 0.3) is 0 Å². The summed E-state index contributed by atoms with van der Waals surface area (Å²) in [6.45, 7) is 0. The minimum absolute atomic E-state index is 0. The molecule has 0 amide bonds. The minimum atomic E-state index is 0. The molecule has 2 nitrogen and oxygen atoms in total. The van der Waals surface area contributed by atoms with E-state index in [1.165, 1.54) is 32.6 Å². The maximum atomic E-state index is 2.27. The molecule has 0 radical (unpaired) electrons. The second-order valence-corrected chi connectivity index (χ2v) is 5.68. The fourth-order valence-electron chi connectivity index (χ4n) is 3.23. The Morgan fingerprint density at radius 3 is 2.00 bits per heavy atom. The maximum Gasteiger partial charge on any atom is 0.211 e. The van der Waals surface area contributed by atoms with Gasteiger partial charge in [-0.3, -0.25) is 0 Å². The lowest BCUT2D eigenvalue weighted by molar-refractivity contribution is -0.510. The summed E-state index contributed by atoms with van der Waals surface area (Å²) in [6, 6.07) is 21.5. The van der Waals surface area contributed by atoms with Crippen molar-refractivity contribution in [1.29, 1.82) is 0 Å². The average molecular weight is 362 g/mol. The molecule has 0 aliphatic carbocycles. The number of fused-ring (bicyclic) bond motifs is 5. The van der Waals surface area contributed by atoms with Crippen molar-refractivity contribution in [2.75, 3.05) is 0 Å². The molecule has 0 spiro atoms. The van der Waals surface area contributed by atoms with E-state index in [2.05, 4.69) is 94.3 Å². The number of benzene rings is 1. The molecule has 4 heterocycles. The average Bonchev–Trinajstić information content (AvgIpc) is 2.58. The van der Waals surface area contributed by atoms with Crippen molar-refractivity contribution in [3.05, 3.63) is 85.5 Å². The van der Waals surface area contributed by atoms with Gasteiger partial charge in [-0.1, -0.05) is 6.07 Å². The summed E-state index contributed by atoms with van der Waals surface area (Å²) < 4.78 is 4.35. The van der Waals surface area contributed by atoms with Gasteiger partial charge in [-0.15, -0.1) is 0 Å². The fourth-order valence-corrected chi connectivity index (χ4v) is 3.23. The van der Waals surface area contributed by atoms with Gasteiger partial charge in [0, 0.05) is 47.2 Å². The van der Waals surface area contributed by atoms with Gasteiger partial charge in [0.1, 0.15) is 0 Å². The predicted molar refractivity (Wildman–Crippen MR) is 87.8 cm³/mol. The van der Waals surface area contributed by atoms with Gasteiger partial charge >= 0.3 is 0 Å². The molecular weight excluding hydrogens is 348 g/mol. The van der Waals surface area contributed by atoms with E-state index in [-0.39, 0.29) is 17.0 Å². The van der Waals surface area contributed by atoms with Crippen LogP contribution < -0.4 is 25.8 Å². The van der Waals surface area contributed by atoms with E-state index in [1.807, 2.05) is 0 Å². The molecular formula is C20H14BrN2+. The molecule has 4 aromatic heterocycles.